The standard InChI is InChI=1S/C29H40NO3P/c1-3-5-10-23(4-2)13-14-24-15-17-25(18-16-24)27-20-19-26(29-28(27)12-9-21-30-29)11-7-6-8-22-34(31,32)33/h9,12,15-21,23H,3-8,10-11,13-14,22H2,1-2H3,(H2,31,32,33). The summed E-state index contributed by atoms with van der Waals surface area (Å²) in [6, 6.07) is 17.5. The fraction of sp³-hybridized carbons (Fsp3) is 0.483. The van der Waals surface area contributed by atoms with Crippen LogP contribution in [0.4, 0.5) is 0 Å². The minimum absolute atomic E-state index is 0.0290. The lowest BCUT2D eigenvalue weighted by Gasteiger charge is -2.15. The molecule has 0 fully saturated rings. The van der Waals surface area contributed by atoms with E-state index in [1.807, 2.05) is 12.3 Å². The highest BCUT2D eigenvalue weighted by Crippen LogP contribution is 2.36. The molecule has 184 valence electrons. The molecule has 1 aromatic heterocycles. The molecule has 4 nitrogen and oxygen atoms in total. The normalized spacial score (nSPS) is 12.8. The second-order valence-electron chi connectivity index (χ2n) is 9.52. The topological polar surface area (TPSA) is 70.4 Å². The molecule has 1 heterocycles. The van der Waals surface area contributed by atoms with Gasteiger partial charge in [-0.25, -0.2) is 0 Å². The molecular weight excluding hydrogens is 441 g/mol. The average molecular weight is 482 g/mol. The summed E-state index contributed by atoms with van der Waals surface area (Å²) >= 11 is 0. The molecule has 0 bridgehead atoms. The van der Waals surface area contributed by atoms with Gasteiger partial charge in [-0.15, -0.1) is 0 Å². The first-order valence-corrected chi connectivity index (χ1v) is 14.7. The van der Waals surface area contributed by atoms with Crippen LogP contribution in [0.5, 0.6) is 0 Å². The molecule has 0 aliphatic carbocycles. The Morgan fingerprint density at radius 2 is 1.68 bits per heavy atom. The van der Waals surface area contributed by atoms with Crippen molar-refractivity contribution in [3.63, 3.8) is 0 Å². The third kappa shape index (κ3) is 8.05. The van der Waals surface area contributed by atoms with E-state index < -0.39 is 7.60 Å². The monoisotopic (exact) mass is 481 g/mol. The van der Waals surface area contributed by atoms with Crippen LogP contribution < -0.4 is 0 Å². The molecule has 0 radical (unpaired) electrons. The summed E-state index contributed by atoms with van der Waals surface area (Å²) in [6.45, 7) is 4.59. The van der Waals surface area contributed by atoms with E-state index >= 15 is 0 Å². The molecule has 3 aromatic rings. The lowest BCUT2D eigenvalue weighted by Crippen LogP contribution is -2.01. The number of hydrogen-bond acceptors (Lipinski definition) is 2. The van der Waals surface area contributed by atoms with E-state index in [0.717, 1.165) is 42.5 Å². The van der Waals surface area contributed by atoms with Crippen LogP contribution in [0.3, 0.4) is 0 Å². The van der Waals surface area contributed by atoms with E-state index in [1.165, 1.54) is 54.4 Å². The van der Waals surface area contributed by atoms with Gasteiger partial charge in [0.1, 0.15) is 0 Å². The summed E-state index contributed by atoms with van der Waals surface area (Å²) in [5, 5.41) is 1.16. The molecule has 1 atom stereocenters. The molecule has 1 unspecified atom stereocenters. The predicted octanol–water partition coefficient (Wildman–Crippen LogP) is 7.94. The number of fused-ring (bicyclic) bond motifs is 1. The zero-order chi connectivity index (χ0) is 24.4. The molecule has 2 aromatic carbocycles. The van der Waals surface area contributed by atoms with Gasteiger partial charge in [-0.3, -0.25) is 9.55 Å². The lowest BCUT2D eigenvalue weighted by molar-refractivity contribution is 0.371. The van der Waals surface area contributed by atoms with Crippen molar-refractivity contribution < 1.29 is 14.4 Å². The van der Waals surface area contributed by atoms with Gasteiger partial charge in [0, 0.05) is 17.7 Å². The first-order chi connectivity index (χ1) is 16.4. The number of nitrogens with zero attached hydrogens (tertiary/aromatic N) is 1. The number of aryl methyl sites for hydroxylation is 2. The van der Waals surface area contributed by atoms with Gasteiger partial charge in [0.25, 0.3) is 0 Å². The van der Waals surface area contributed by atoms with E-state index in [1.54, 1.807) is 0 Å². The minimum atomic E-state index is -3.89. The molecular formula is C29H40NO3P. The molecule has 34 heavy (non-hydrogen) atoms. The number of hydrogen-bond donors (Lipinski definition) is 2. The molecule has 0 spiro atoms. The van der Waals surface area contributed by atoms with Crippen LogP contribution in [-0.4, -0.2) is 20.9 Å². The highest BCUT2D eigenvalue weighted by atomic mass is 31.2. The van der Waals surface area contributed by atoms with E-state index in [2.05, 4.69) is 61.3 Å². The third-order valence-electron chi connectivity index (χ3n) is 6.90. The Kier molecular flexibility index (Phi) is 10.3. The van der Waals surface area contributed by atoms with Crippen molar-refractivity contribution in [2.24, 2.45) is 5.92 Å². The Hall–Kier alpha value is -2.00. The van der Waals surface area contributed by atoms with E-state index in [4.69, 9.17) is 9.79 Å². The number of rotatable bonds is 14. The minimum Gasteiger partial charge on any atom is -0.324 e. The lowest BCUT2D eigenvalue weighted by atomic mass is 9.91. The smallest absolute Gasteiger partial charge is 0.324 e. The zero-order valence-corrected chi connectivity index (χ0v) is 21.6. The molecule has 0 aliphatic heterocycles. The van der Waals surface area contributed by atoms with Crippen LogP contribution in [0.2, 0.25) is 0 Å². The summed E-state index contributed by atoms with van der Waals surface area (Å²) < 4.78 is 11.0. The summed E-state index contributed by atoms with van der Waals surface area (Å²) in [6.07, 6.45) is 12.6. The van der Waals surface area contributed by atoms with E-state index in [9.17, 15) is 4.57 Å². The summed E-state index contributed by atoms with van der Waals surface area (Å²) in [5.74, 6) is 0.832. The second kappa shape index (κ2) is 13.2. The van der Waals surface area contributed by atoms with Gasteiger partial charge in [0.05, 0.1) is 5.52 Å². The number of pyridine rings is 1. The van der Waals surface area contributed by atoms with Crippen molar-refractivity contribution in [2.45, 2.75) is 78.1 Å². The van der Waals surface area contributed by atoms with Crippen molar-refractivity contribution in [1.82, 2.24) is 4.98 Å². The largest absolute Gasteiger partial charge is 0.325 e. The first-order valence-electron chi connectivity index (χ1n) is 12.9. The zero-order valence-electron chi connectivity index (χ0n) is 20.7. The fourth-order valence-electron chi connectivity index (χ4n) is 4.76. The first kappa shape index (κ1) is 26.6. The van der Waals surface area contributed by atoms with Crippen LogP contribution in [-0.2, 0) is 17.4 Å². The highest BCUT2D eigenvalue weighted by molar-refractivity contribution is 7.51. The molecule has 2 N–H and O–H groups in total. The Morgan fingerprint density at radius 1 is 0.882 bits per heavy atom. The van der Waals surface area contributed by atoms with Crippen LogP contribution >= 0.6 is 7.60 Å². The van der Waals surface area contributed by atoms with E-state index in [-0.39, 0.29) is 6.16 Å². The maximum atomic E-state index is 11.0. The van der Waals surface area contributed by atoms with Gasteiger partial charge in [0.2, 0.25) is 0 Å². The third-order valence-corrected chi connectivity index (χ3v) is 7.80. The van der Waals surface area contributed by atoms with Crippen LogP contribution in [0.15, 0.2) is 54.7 Å². The molecule has 0 amide bonds. The van der Waals surface area contributed by atoms with Crippen molar-refractivity contribution in [3.8, 4) is 11.1 Å². The maximum Gasteiger partial charge on any atom is 0.325 e. The van der Waals surface area contributed by atoms with Crippen LogP contribution in [0.25, 0.3) is 22.0 Å². The van der Waals surface area contributed by atoms with Gasteiger partial charge in [-0.05, 0) is 66.3 Å². The van der Waals surface area contributed by atoms with Crippen LogP contribution in [0, 0.1) is 5.92 Å². The van der Waals surface area contributed by atoms with E-state index in [0.29, 0.717) is 6.42 Å². The number of benzene rings is 2. The van der Waals surface area contributed by atoms with Gasteiger partial charge in [-0.1, -0.05) is 88.4 Å². The molecule has 0 saturated carbocycles. The Labute approximate surface area is 205 Å². The summed E-state index contributed by atoms with van der Waals surface area (Å²) in [4.78, 5) is 22.7. The molecule has 0 aliphatic rings. The second-order valence-corrected chi connectivity index (χ2v) is 11.3. The Bertz CT molecular complexity index is 1070. The number of unbranched alkanes of at least 4 members (excludes halogenated alkanes) is 3. The summed E-state index contributed by atoms with van der Waals surface area (Å²) in [5.41, 5.74) is 6.06. The van der Waals surface area contributed by atoms with Gasteiger partial charge in [0.15, 0.2) is 0 Å². The quantitative estimate of drug-likeness (QED) is 0.181. The highest BCUT2D eigenvalue weighted by Gasteiger charge is 2.13. The van der Waals surface area contributed by atoms with Crippen molar-refractivity contribution in [2.75, 3.05) is 6.16 Å². The van der Waals surface area contributed by atoms with Gasteiger partial charge >= 0.3 is 7.60 Å². The summed E-state index contributed by atoms with van der Waals surface area (Å²) in [7, 11) is -3.89. The maximum absolute atomic E-state index is 11.0. The predicted molar refractivity (Wildman–Crippen MR) is 143 cm³/mol. The van der Waals surface area contributed by atoms with Crippen LogP contribution in [0.1, 0.15) is 76.3 Å². The molecule has 3 rings (SSSR count). The fourth-order valence-corrected chi connectivity index (χ4v) is 5.40. The Balaban J connectivity index is 1.68. The van der Waals surface area contributed by atoms with Gasteiger partial charge < -0.3 is 9.79 Å². The molecule has 5 heteroatoms. The van der Waals surface area contributed by atoms with Crippen molar-refractivity contribution in [3.05, 3.63) is 65.9 Å². The van der Waals surface area contributed by atoms with Gasteiger partial charge in [-0.2, -0.15) is 0 Å². The SMILES string of the molecule is CCCCC(CC)CCc1ccc(-c2ccc(CCCCCP(=O)(O)O)c3ncccc23)cc1. The average Bonchev–Trinajstić information content (AvgIpc) is 2.84. The van der Waals surface area contributed by atoms with Crippen molar-refractivity contribution in [1.29, 1.82) is 0 Å². The van der Waals surface area contributed by atoms with Crippen molar-refractivity contribution >= 4 is 18.5 Å². The Morgan fingerprint density at radius 3 is 2.38 bits per heavy atom. The number of aromatic nitrogens is 1. The molecule has 0 saturated heterocycles.